The van der Waals surface area contributed by atoms with Crippen LogP contribution in [0.4, 0.5) is 11.4 Å². The highest BCUT2D eigenvalue weighted by Crippen LogP contribution is 2.16. The minimum Gasteiger partial charge on any atom is -0.398 e. The molecular weight excluding hydrogens is 212 g/mol. The summed E-state index contributed by atoms with van der Waals surface area (Å²) in [6.45, 7) is 6.14. The first-order chi connectivity index (χ1) is 8.04. The van der Waals surface area contributed by atoms with E-state index in [1.54, 1.807) is 12.1 Å². The Labute approximate surface area is 103 Å². The van der Waals surface area contributed by atoms with Gasteiger partial charge in [-0.15, -0.1) is 0 Å². The van der Waals surface area contributed by atoms with Crippen LogP contribution in [0.3, 0.4) is 0 Å². The molecule has 0 aliphatic carbocycles. The fraction of sp³-hybridized carbons (Fsp3) is 0.462. The summed E-state index contributed by atoms with van der Waals surface area (Å²) in [5.41, 5.74) is 7.64. The summed E-state index contributed by atoms with van der Waals surface area (Å²) in [7, 11) is 2.09. The van der Waals surface area contributed by atoms with Gasteiger partial charge in [-0.05, 0) is 39.1 Å². The van der Waals surface area contributed by atoms with Gasteiger partial charge in [0.2, 0.25) is 0 Å². The minimum atomic E-state index is 0.521. The van der Waals surface area contributed by atoms with Crippen molar-refractivity contribution in [3.63, 3.8) is 0 Å². The second-order valence-corrected chi connectivity index (χ2v) is 4.41. The van der Waals surface area contributed by atoms with E-state index in [4.69, 9.17) is 11.0 Å². The second kappa shape index (κ2) is 6.12. The molecule has 0 heterocycles. The van der Waals surface area contributed by atoms with E-state index in [1.807, 2.05) is 6.07 Å². The Morgan fingerprint density at radius 2 is 2.18 bits per heavy atom. The molecule has 0 atom stereocenters. The normalized spacial score (nSPS) is 10.6. The van der Waals surface area contributed by atoms with Crippen molar-refractivity contribution in [2.24, 2.45) is 0 Å². The van der Waals surface area contributed by atoms with Crippen LogP contribution in [0.5, 0.6) is 0 Å². The van der Waals surface area contributed by atoms with Gasteiger partial charge in [0.25, 0.3) is 0 Å². The van der Waals surface area contributed by atoms with Crippen LogP contribution in [0.15, 0.2) is 18.2 Å². The largest absolute Gasteiger partial charge is 0.398 e. The van der Waals surface area contributed by atoms with E-state index < -0.39 is 0 Å². The van der Waals surface area contributed by atoms with Crippen molar-refractivity contribution in [1.29, 1.82) is 5.26 Å². The smallest absolute Gasteiger partial charge is 0.101 e. The van der Waals surface area contributed by atoms with Crippen molar-refractivity contribution in [1.82, 2.24) is 4.90 Å². The van der Waals surface area contributed by atoms with Crippen molar-refractivity contribution < 1.29 is 0 Å². The van der Waals surface area contributed by atoms with Crippen molar-refractivity contribution in [3.05, 3.63) is 23.8 Å². The molecule has 1 aromatic rings. The maximum absolute atomic E-state index is 8.86. The molecule has 92 valence electrons. The quantitative estimate of drug-likeness (QED) is 0.761. The summed E-state index contributed by atoms with van der Waals surface area (Å²) in [6, 6.07) is 8.05. The van der Waals surface area contributed by atoms with Gasteiger partial charge in [0, 0.05) is 30.5 Å². The summed E-state index contributed by atoms with van der Waals surface area (Å²) in [5.74, 6) is 0. The van der Waals surface area contributed by atoms with Gasteiger partial charge in [0.05, 0.1) is 5.56 Å². The topological polar surface area (TPSA) is 65.1 Å². The van der Waals surface area contributed by atoms with E-state index in [-0.39, 0.29) is 0 Å². The summed E-state index contributed by atoms with van der Waals surface area (Å²) in [4.78, 5) is 2.26. The highest BCUT2D eigenvalue weighted by atomic mass is 15.1. The molecule has 0 amide bonds. The predicted octanol–water partition coefficient (Wildman–Crippen LogP) is 1.89. The average Bonchev–Trinajstić information content (AvgIpc) is 2.31. The molecule has 0 radical (unpaired) electrons. The Kier molecular flexibility index (Phi) is 4.80. The lowest BCUT2D eigenvalue weighted by molar-refractivity contribution is 0.284. The zero-order valence-electron chi connectivity index (χ0n) is 10.7. The molecule has 0 unspecified atom stereocenters. The van der Waals surface area contributed by atoms with E-state index in [2.05, 4.69) is 37.2 Å². The lowest BCUT2D eigenvalue weighted by atomic mass is 10.2. The van der Waals surface area contributed by atoms with E-state index in [0.29, 0.717) is 17.3 Å². The van der Waals surface area contributed by atoms with Crippen molar-refractivity contribution in [2.75, 3.05) is 31.2 Å². The third kappa shape index (κ3) is 3.97. The number of rotatable bonds is 5. The van der Waals surface area contributed by atoms with Crippen LogP contribution >= 0.6 is 0 Å². The van der Waals surface area contributed by atoms with Gasteiger partial charge in [-0.3, -0.25) is 0 Å². The number of nitrogens with two attached hydrogens (primary N) is 1. The molecule has 3 N–H and O–H groups in total. The zero-order chi connectivity index (χ0) is 12.8. The van der Waals surface area contributed by atoms with Gasteiger partial charge in [-0.1, -0.05) is 0 Å². The predicted molar refractivity (Wildman–Crippen MR) is 71.8 cm³/mol. The number of likely N-dealkylation sites (N-methyl/N-ethyl adjacent to an activating group) is 1. The number of nitrogen functional groups attached to an aromatic ring is 1. The van der Waals surface area contributed by atoms with Gasteiger partial charge < -0.3 is 16.0 Å². The molecule has 0 saturated carbocycles. The van der Waals surface area contributed by atoms with Crippen LogP contribution < -0.4 is 11.1 Å². The summed E-state index contributed by atoms with van der Waals surface area (Å²) in [6.07, 6.45) is 0. The van der Waals surface area contributed by atoms with E-state index in [1.165, 1.54) is 0 Å². The van der Waals surface area contributed by atoms with Gasteiger partial charge in [-0.25, -0.2) is 0 Å². The average molecular weight is 232 g/mol. The van der Waals surface area contributed by atoms with E-state index in [9.17, 15) is 0 Å². The van der Waals surface area contributed by atoms with Crippen LogP contribution in [0.25, 0.3) is 0 Å². The molecule has 0 aliphatic rings. The van der Waals surface area contributed by atoms with Crippen molar-refractivity contribution in [3.8, 4) is 6.07 Å². The number of nitriles is 1. The summed E-state index contributed by atoms with van der Waals surface area (Å²) >= 11 is 0. The third-order valence-electron chi connectivity index (χ3n) is 2.85. The van der Waals surface area contributed by atoms with Crippen LogP contribution in [0.2, 0.25) is 0 Å². The first-order valence-corrected chi connectivity index (χ1v) is 5.78. The molecule has 1 rings (SSSR count). The van der Waals surface area contributed by atoms with Crippen LogP contribution in [-0.4, -0.2) is 31.1 Å². The van der Waals surface area contributed by atoms with Gasteiger partial charge >= 0.3 is 0 Å². The molecule has 0 saturated heterocycles. The summed E-state index contributed by atoms with van der Waals surface area (Å²) < 4.78 is 0. The van der Waals surface area contributed by atoms with E-state index in [0.717, 1.165) is 18.8 Å². The molecule has 17 heavy (non-hydrogen) atoms. The maximum Gasteiger partial charge on any atom is 0.101 e. The van der Waals surface area contributed by atoms with Gasteiger partial charge in [0.1, 0.15) is 6.07 Å². The standard InChI is InChI=1S/C13H20N4/c1-10(2)17(3)7-6-16-12-4-5-13(15)11(8-12)9-14/h4-5,8,10,16H,6-7,15H2,1-3H3. The highest BCUT2D eigenvalue weighted by Gasteiger charge is 2.03. The molecule has 1 aromatic carbocycles. The SMILES string of the molecule is CC(C)N(C)CCNc1ccc(N)c(C#N)c1. The van der Waals surface area contributed by atoms with Crippen molar-refractivity contribution in [2.45, 2.75) is 19.9 Å². The maximum atomic E-state index is 8.86. The number of anilines is 2. The molecular formula is C13H20N4. The molecule has 0 fully saturated rings. The number of nitrogens with one attached hydrogen (secondary N) is 1. The van der Waals surface area contributed by atoms with Gasteiger partial charge in [-0.2, -0.15) is 5.26 Å². The highest BCUT2D eigenvalue weighted by molar-refractivity contribution is 5.61. The lowest BCUT2D eigenvalue weighted by Gasteiger charge is -2.21. The Morgan fingerprint density at radius 3 is 2.76 bits per heavy atom. The first kappa shape index (κ1) is 13.3. The molecule has 4 heteroatoms. The molecule has 4 nitrogen and oxygen atoms in total. The molecule has 0 spiro atoms. The number of hydrogen-bond acceptors (Lipinski definition) is 4. The lowest BCUT2D eigenvalue weighted by Crippen LogP contribution is -2.31. The second-order valence-electron chi connectivity index (χ2n) is 4.41. The molecule has 0 aliphatic heterocycles. The molecule has 0 aromatic heterocycles. The zero-order valence-corrected chi connectivity index (χ0v) is 10.7. The Morgan fingerprint density at radius 1 is 1.47 bits per heavy atom. The first-order valence-electron chi connectivity index (χ1n) is 5.78. The fourth-order valence-corrected chi connectivity index (χ4v) is 1.40. The fourth-order valence-electron chi connectivity index (χ4n) is 1.40. The Hall–Kier alpha value is -1.73. The molecule has 0 bridgehead atoms. The monoisotopic (exact) mass is 232 g/mol. The number of hydrogen-bond donors (Lipinski definition) is 2. The van der Waals surface area contributed by atoms with Crippen molar-refractivity contribution >= 4 is 11.4 Å². The number of nitrogens with zero attached hydrogens (tertiary/aromatic N) is 2. The Bertz CT molecular complexity index is 406. The Balaban J connectivity index is 2.51. The van der Waals surface area contributed by atoms with E-state index >= 15 is 0 Å². The minimum absolute atomic E-state index is 0.521. The third-order valence-corrected chi connectivity index (χ3v) is 2.85. The van der Waals surface area contributed by atoms with Crippen LogP contribution in [0, 0.1) is 11.3 Å². The van der Waals surface area contributed by atoms with Gasteiger partial charge in [0.15, 0.2) is 0 Å². The number of benzene rings is 1. The van der Waals surface area contributed by atoms with Crippen LogP contribution in [0.1, 0.15) is 19.4 Å². The summed E-state index contributed by atoms with van der Waals surface area (Å²) in [5, 5.41) is 12.1. The van der Waals surface area contributed by atoms with Crippen LogP contribution in [-0.2, 0) is 0 Å².